The maximum Gasteiger partial charge on any atom is 0.251 e. The van der Waals surface area contributed by atoms with Crippen molar-refractivity contribution in [3.63, 3.8) is 0 Å². The summed E-state index contributed by atoms with van der Waals surface area (Å²) in [6.45, 7) is 6.98. The molecule has 1 N–H and O–H groups in total. The van der Waals surface area contributed by atoms with Gasteiger partial charge in [0.15, 0.2) is 0 Å². The number of carbonyl (C=O) groups is 1. The molecule has 2 rings (SSSR count). The van der Waals surface area contributed by atoms with E-state index in [0.717, 1.165) is 44.0 Å². The number of ether oxygens (including phenoxy) is 1. The standard InChI is InChI=1S/C14H19N2O2/c1-12-4-2-3-5-13(12)14(17)15-6-7-16-8-10-18-11-9-16/h3-5H,6-11H2,1H3,(H,15,17). The number of carbonyl (C=O) groups excluding carboxylic acids is 1. The van der Waals surface area contributed by atoms with Gasteiger partial charge in [-0.3, -0.25) is 9.69 Å². The van der Waals surface area contributed by atoms with Crippen LogP contribution in [0.5, 0.6) is 0 Å². The number of amides is 1. The van der Waals surface area contributed by atoms with Crippen molar-refractivity contribution in [2.75, 3.05) is 39.4 Å². The SMILES string of the molecule is Cc1c[c]ccc1C(=O)NCCN1CCOCC1. The van der Waals surface area contributed by atoms with Crippen LogP contribution in [-0.4, -0.2) is 50.2 Å². The second-order valence-corrected chi connectivity index (χ2v) is 4.45. The normalized spacial score (nSPS) is 16.5. The number of hydrogen-bond acceptors (Lipinski definition) is 3. The zero-order valence-corrected chi connectivity index (χ0v) is 10.7. The van der Waals surface area contributed by atoms with Crippen LogP contribution in [0.15, 0.2) is 18.2 Å². The zero-order chi connectivity index (χ0) is 12.8. The van der Waals surface area contributed by atoms with Gasteiger partial charge in [0.1, 0.15) is 0 Å². The van der Waals surface area contributed by atoms with Crippen molar-refractivity contribution in [3.8, 4) is 0 Å². The van der Waals surface area contributed by atoms with Crippen LogP contribution in [0.2, 0.25) is 0 Å². The van der Waals surface area contributed by atoms with Gasteiger partial charge in [-0.2, -0.15) is 0 Å². The van der Waals surface area contributed by atoms with Crippen molar-refractivity contribution < 1.29 is 9.53 Å². The van der Waals surface area contributed by atoms with E-state index in [1.807, 2.05) is 13.0 Å². The summed E-state index contributed by atoms with van der Waals surface area (Å²) in [7, 11) is 0. The summed E-state index contributed by atoms with van der Waals surface area (Å²) in [5.74, 6) is -0.00485. The molecule has 0 unspecified atom stereocenters. The van der Waals surface area contributed by atoms with Gasteiger partial charge in [0.25, 0.3) is 5.91 Å². The van der Waals surface area contributed by atoms with Crippen LogP contribution in [0, 0.1) is 13.0 Å². The van der Waals surface area contributed by atoms with Crippen molar-refractivity contribution in [2.45, 2.75) is 6.92 Å². The number of rotatable bonds is 4. The summed E-state index contributed by atoms with van der Waals surface area (Å²) in [6, 6.07) is 8.36. The molecule has 4 nitrogen and oxygen atoms in total. The van der Waals surface area contributed by atoms with E-state index in [1.165, 1.54) is 0 Å². The van der Waals surface area contributed by atoms with Gasteiger partial charge in [-0.15, -0.1) is 0 Å². The fraction of sp³-hybridized carbons (Fsp3) is 0.500. The number of hydrogen-bond donors (Lipinski definition) is 1. The van der Waals surface area contributed by atoms with E-state index < -0.39 is 0 Å². The van der Waals surface area contributed by atoms with E-state index >= 15 is 0 Å². The van der Waals surface area contributed by atoms with Crippen LogP contribution in [-0.2, 0) is 4.74 Å². The lowest BCUT2D eigenvalue weighted by atomic mass is 10.1. The second kappa shape index (κ2) is 6.52. The summed E-state index contributed by atoms with van der Waals surface area (Å²) in [4.78, 5) is 14.2. The Hall–Kier alpha value is -1.39. The van der Waals surface area contributed by atoms with E-state index in [0.29, 0.717) is 6.54 Å². The molecule has 1 radical (unpaired) electrons. The maximum atomic E-state index is 11.9. The van der Waals surface area contributed by atoms with Crippen molar-refractivity contribution in [3.05, 3.63) is 35.4 Å². The lowest BCUT2D eigenvalue weighted by Gasteiger charge is -2.26. The number of nitrogens with one attached hydrogen (secondary N) is 1. The molecule has 0 saturated carbocycles. The van der Waals surface area contributed by atoms with Gasteiger partial charge in [-0.1, -0.05) is 12.1 Å². The highest BCUT2D eigenvalue weighted by Crippen LogP contribution is 2.05. The number of nitrogens with zero attached hydrogens (tertiary/aromatic N) is 1. The molecule has 0 aromatic heterocycles. The minimum absolute atomic E-state index is 0.00485. The fourth-order valence-corrected chi connectivity index (χ4v) is 2.02. The minimum atomic E-state index is -0.00485. The van der Waals surface area contributed by atoms with Crippen LogP contribution in [0.1, 0.15) is 15.9 Å². The lowest BCUT2D eigenvalue weighted by Crippen LogP contribution is -2.41. The molecule has 0 atom stereocenters. The first-order chi connectivity index (χ1) is 8.77. The Morgan fingerprint density at radius 2 is 2.28 bits per heavy atom. The molecule has 1 aromatic rings. The molecular weight excluding hydrogens is 228 g/mol. The Labute approximate surface area is 108 Å². The van der Waals surface area contributed by atoms with Crippen LogP contribution >= 0.6 is 0 Å². The number of benzene rings is 1. The highest BCUT2D eigenvalue weighted by Gasteiger charge is 2.11. The predicted molar refractivity (Wildman–Crippen MR) is 69.6 cm³/mol. The van der Waals surface area contributed by atoms with Crippen molar-refractivity contribution in [2.24, 2.45) is 0 Å². The van der Waals surface area contributed by atoms with Crippen molar-refractivity contribution in [1.82, 2.24) is 10.2 Å². The summed E-state index contributed by atoms with van der Waals surface area (Å²) >= 11 is 0. The highest BCUT2D eigenvalue weighted by atomic mass is 16.5. The van der Waals surface area contributed by atoms with Crippen molar-refractivity contribution in [1.29, 1.82) is 0 Å². The zero-order valence-electron chi connectivity index (χ0n) is 10.7. The monoisotopic (exact) mass is 247 g/mol. The summed E-state index contributed by atoms with van der Waals surface area (Å²) in [5.41, 5.74) is 1.69. The van der Waals surface area contributed by atoms with E-state index in [2.05, 4.69) is 16.3 Å². The average Bonchev–Trinajstić information content (AvgIpc) is 2.40. The average molecular weight is 247 g/mol. The molecule has 1 amide bonds. The third kappa shape index (κ3) is 3.55. The van der Waals surface area contributed by atoms with E-state index in [4.69, 9.17) is 4.74 Å². The maximum absolute atomic E-state index is 11.9. The summed E-state index contributed by atoms with van der Waals surface area (Å²) in [5, 5.41) is 2.95. The first-order valence-electron chi connectivity index (χ1n) is 6.32. The van der Waals surface area contributed by atoms with Crippen LogP contribution < -0.4 is 5.32 Å². The minimum Gasteiger partial charge on any atom is -0.379 e. The van der Waals surface area contributed by atoms with Crippen LogP contribution in [0.25, 0.3) is 0 Å². The molecule has 1 fully saturated rings. The third-order valence-corrected chi connectivity index (χ3v) is 3.13. The van der Waals surface area contributed by atoms with Gasteiger partial charge in [0.05, 0.1) is 13.2 Å². The van der Waals surface area contributed by atoms with Gasteiger partial charge in [0, 0.05) is 31.7 Å². The third-order valence-electron chi connectivity index (χ3n) is 3.13. The van der Waals surface area contributed by atoms with Gasteiger partial charge >= 0.3 is 0 Å². The highest BCUT2D eigenvalue weighted by molar-refractivity contribution is 5.95. The number of morpholine rings is 1. The molecule has 1 aliphatic rings. The first kappa shape index (κ1) is 13.1. The van der Waals surface area contributed by atoms with Gasteiger partial charge < -0.3 is 10.1 Å². The Balaban J connectivity index is 1.76. The second-order valence-electron chi connectivity index (χ2n) is 4.45. The number of aryl methyl sites for hydroxylation is 1. The topological polar surface area (TPSA) is 41.6 Å². The molecule has 0 aliphatic carbocycles. The molecule has 0 spiro atoms. The Bertz CT molecular complexity index is 401. The molecule has 1 aliphatic heterocycles. The predicted octanol–water partition coefficient (Wildman–Crippen LogP) is 0.857. The fourth-order valence-electron chi connectivity index (χ4n) is 2.02. The Morgan fingerprint density at radius 3 is 3.00 bits per heavy atom. The van der Waals surface area contributed by atoms with Gasteiger partial charge in [-0.05, 0) is 24.6 Å². The smallest absolute Gasteiger partial charge is 0.251 e. The largest absolute Gasteiger partial charge is 0.379 e. The summed E-state index contributed by atoms with van der Waals surface area (Å²) < 4.78 is 5.28. The quantitative estimate of drug-likeness (QED) is 0.858. The Kier molecular flexibility index (Phi) is 4.73. The van der Waals surface area contributed by atoms with Crippen molar-refractivity contribution >= 4 is 5.91 Å². The Morgan fingerprint density at radius 1 is 1.50 bits per heavy atom. The molecule has 18 heavy (non-hydrogen) atoms. The first-order valence-corrected chi connectivity index (χ1v) is 6.32. The van der Waals surface area contributed by atoms with Gasteiger partial charge in [0.2, 0.25) is 0 Å². The molecule has 97 valence electrons. The lowest BCUT2D eigenvalue weighted by molar-refractivity contribution is 0.0383. The summed E-state index contributed by atoms with van der Waals surface area (Å²) in [6.07, 6.45) is 0. The molecule has 1 saturated heterocycles. The molecule has 1 heterocycles. The van der Waals surface area contributed by atoms with E-state index in [1.54, 1.807) is 12.1 Å². The van der Waals surface area contributed by atoms with Gasteiger partial charge in [-0.25, -0.2) is 0 Å². The molecule has 1 aromatic carbocycles. The van der Waals surface area contributed by atoms with E-state index in [9.17, 15) is 4.79 Å². The molecular formula is C14H19N2O2. The van der Waals surface area contributed by atoms with Crippen LogP contribution in [0.4, 0.5) is 0 Å². The molecule has 4 heteroatoms. The van der Waals surface area contributed by atoms with E-state index in [-0.39, 0.29) is 5.91 Å². The van der Waals surface area contributed by atoms with Crippen LogP contribution in [0.3, 0.4) is 0 Å². The molecule has 0 bridgehead atoms.